The van der Waals surface area contributed by atoms with E-state index in [1.165, 1.54) is 12.2 Å². The van der Waals surface area contributed by atoms with Crippen LogP contribution in [0.2, 0.25) is 0 Å². The Hall–Kier alpha value is -2.63. The molecule has 1 aromatic carbocycles. The van der Waals surface area contributed by atoms with Crippen molar-refractivity contribution in [3.05, 3.63) is 48.0 Å². The molecule has 1 rings (SSSR count). The van der Waals surface area contributed by atoms with Gasteiger partial charge in [0.2, 0.25) is 0 Å². The summed E-state index contributed by atoms with van der Waals surface area (Å²) in [6.07, 6.45) is 2.61. The van der Waals surface area contributed by atoms with Crippen LogP contribution in [0, 0.1) is 5.92 Å². The molecule has 0 atom stereocenters. The Labute approximate surface area is 141 Å². The molecule has 24 heavy (non-hydrogen) atoms. The van der Waals surface area contributed by atoms with E-state index in [-0.39, 0.29) is 26.2 Å². The zero-order chi connectivity index (χ0) is 17.8. The molecule has 0 radical (unpaired) electrons. The van der Waals surface area contributed by atoms with Gasteiger partial charge in [-0.2, -0.15) is 0 Å². The lowest BCUT2D eigenvalue weighted by molar-refractivity contribution is -0.161. The van der Waals surface area contributed by atoms with E-state index >= 15 is 0 Å². The largest absolute Gasteiger partial charge is 0.465 e. The van der Waals surface area contributed by atoms with Gasteiger partial charge in [-0.1, -0.05) is 36.4 Å². The van der Waals surface area contributed by atoms with Crippen LogP contribution in [0.3, 0.4) is 0 Å². The van der Waals surface area contributed by atoms with Gasteiger partial charge in [0.1, 0.15) is 6.61 Å². The van der Waals surface area contributed by atoms with Gasteiger partial charge in [-0.15, -0.1) is 0 Å². The predicted molar refractivity (Wildman–Crippen MR) is 86.8 cm³/mol. The lowest BCUT2D eigenvalue weighted by Gasteiger charge is -2.12. The number of rotatable bonds is 9. The molecule has 6 heteroatoms. The molecule has 130 valence electrons. The summed E-state index contributed by atoms with van der Waals surface area (Å²) >= 11 is 0. The third kappa shape index (κ3) is 7.09. The number of allylic oxidation sites excluding steroid dienone is 1. The smallest absolute Gasteiger partial charge is 0.330 e. The first kappa shape index (κ1) is 19.4. The molecule has 0 saturated carbocycles. The number of ether oxygens (including phenoxy) is 3. The minimum Gasteiger partial charge on any atom is -0.465 e. The standard InChI is InChI=1S/C18H22O6/c1-3-22-17(20)15(18(21)23-4-2)11-8-12-16(19)24-13-14-9-6-5-7-10-14/h5-10,12,15H,3-4,11,13H2,1-2H3/b12-8+. The van der Waals surface area contributed by atoms with Crippen LogP contribution in [-0.4, -0.2) is 31.1 Å². The van der Waals surface area contributed by atoms with Crippen LogP contribution in [0.15, 0.2) is 42.5 Å². The van der Waals surface area contributed by atoms with Crippen LogP contribution in [0.5, 0.6) is 0 Å². The maximum absolute atomic E-state index is 11.8. The topological polar surface area (TPSA) is 78.9 Å². The first-order chi connectivity index (χ1) is 11.6. The minimum absolute atomic E-state index is 0.0120. The zero-order valence-corrected chi connectivity index (χ0v) is 13.9. The Balaban J connectivity index is 2.51. The molecule has 0 unspecified atom stereocenters. The third-order valence-electron chi connectivity index (χ3n) is 2.99. The summed E-state index contributed by atoms with van der Waals surface area (Å²) in [7, 11) is 0. The van der Waals surface area contributed by atoms with Crippen LogP contribution < -0.4 is 0 Å². The summed E-state index contributed by atoms with van der Waals surface area (Å²) in [5.74, 6) is -2.97. The molecule has 1 aromatic rings. The molecule has 0 aliphatic heterocycles. The van der Waals surface area contributed by atoms with Crippen LogP contribution in [0.1, 0.15) is 25.8 Å². The summed E-state index contributed by atoms with van der Waals surface area (Å²) in [5.41, 5.74) is 0.871. The maximum Gasteiger partial charge on any atom is 0.330 e. The van der Waals surface area contributed by atoms with Crippen molar-refractivity contribution in [2.45, 2.75) is 26.9 Å². The summed E-state index contributed by atoms with van der Waals surface area (Å²) in [6.45, 7) is 3.78. The molecule has 0 bridgehead atoms. The Kier molecular flexibility index (Phi) is 8.89. The van der Waals surface area contributed by atoms with Crippen molar-refractivity contribution in [1.82, 2.24) is 0 Å². The normalized spacial score (nSPS) is 10.6. The number of esters is 3. The fourth-order valence-electron chi connectivity index (χ4n) is 1.85. The van der Waals surface area contributed by atoms with E-state index in [0.29, 0.717) is 0 Å². The second-order valence-electron chi connectivity index (χ2n) is 4.79. The van der Waals surface area contributed by atoms with Crippen LogP contribution >= 0.6 is 0 Å². The van der Waals surface area contributed by atoms with Crippen LogP contribution in [-0.2, 0) is 35.2 Å². The van der Waals surface area contributed by atoms with Gasteiger partial charge in [0.05, 0.1) is 13.2 Å². The third-order valence-corrected chi connectivity index (χ3v) is 2.99. The molecule has 0 spiro atoms. The average molecular weight is 334 g/mol. The van der Waals surface area contributed by atoms with Crippen molar-refractivity contribution in [3.63, 3.8) is 0 Å². The highest BCUT2D eigenvalue weighted by Crippen LogP contribution is 2.10. The van der Waals surface area contributed by atoms with E-state index < -0.39 is 23.8 Å². The van der Waals surface area contributed by atoms with Crippen LogP contribution in [0.25, 0.3) is 0 Å². The van der Waals surface area contributed by atoms with E-state index in [9.17, 15) is 14.4 Å². The van der Waals surface area contributed by atoms with Crippen molar-refractivity contribution in [1.29, 1.82) is 0 Å². The van der Waals surface area contributed by atoms with Gasteiger partial charge in [-0.3, -0.25) is 9.59 Å². The Morgan fingerprint density at radius 1 is 0.958 bits per heavy atom. The first-order valence-corrected chi connectivity index (χ1v) is 7.79. The monoisotopic (exact) mass is 334 g/mol. The SMILES string of the molecule is CCOC(=O)C(C/C=C/C(=O)OCc1ccccc1)C(=O)OCC. The fourth-order valence-corrected chi connectivity index (χ4v) is 1.85. The highest BCUT2D eigenvalue weighted by atomic mass is 16.6. The maximum atomic E-state index is 11.8. The zero-order valence-electron chi connectivity index (χ0n) is 13.9. The van der Waals surface area contributed by atoms with Crippen molar-refractivity contribution in [2.24, 2.45) is 5.92 Å². The molecule has 6 nitrogen and oxygen atoms in total. The number of benzene rings is 1. The molecule has 0 saturated heterocycles. The van der Waals surface area contributed by atoms with Gasteiger partial charge in [0, 0.05) is 6.08 Å². The fraction of sp³-hybridized carbons (Fsp3) is 0.389. The Morgan fingerprint density at radius 2 is 1.54 bits per heavy atom. The molecular formula is C18H22O6. The van der Waals surface area contributed by atoms with Crippen molar-refractivity contribution in [3.8, 4) is 0 Å². The van der Waals surface area contributed by atoms with Crippen LogP contribution in [0.4, 0.5) is 0 Å². The van der Waals surface area contributed by atoms with E-state index in [2.05, 4.69) is 0 Å². The molecular weight excluding hydrogens is 312 g/mol. The highest BCUT2D eigenvalue weighted by Gasteiger charge is 2.28. The quantitative estimate of drug-likeness (QED) is 0.299. The molecule has 0 amide bonds. The molecule has 0 aromatic heterocycles. The number of carbonyl (C=O) groups is 3. The summed E-state index contributed by atoms with van der Waals surface area (Å²) in [6, 6.07) is 9.25. The summed E-state index contributed by atoms with van der Waals surface area (Å²) in [4.78, 5) is 35.2. The number of carbonyl (C=O) groups excluding carboxylic acids is 3. The van der Waals surface area contributed by atoms with Crippen molar-refractivity contribution in [2.75, 3.05) is 13.2 Å². The van der Waals surface area contributed by atoms with Gasteiger partial charge in [0.15, 0.2) is 5.92 Å². The Morgan fingerprint density at radius 3 is 2.08 bits per heavy atom. The molecule has 0 aliphatic carbocycles. The van der Waals surface area contributed by atoms with Gasteiger partial charge >= 0.3 is 17.9 Å². The summed E-state index contributed by atoms with van der Waals surface area (Å²) < 4.78 is 14.8. The number of hydrogen-bond donors (Lipinski definition) is 0. The van der Waals surface area contributed by atoms with E-state index in [4.69, 9.17) is 14.2 Å². The van der Waals surface area contributed by atoms with Gasteiger partial charge in [-0.25, -0.2) is 4.79 Å². The summed E-state index contributed by atoms with van der Waals surface area (Å²) in [5, 5.41) is 0. The van der Waals surface area contributed by atoms with E-state index in [1.54, 1.807) is 13.8 Å². The molecule has 0 N–H and O–H groups in total. The second kappa shape index (κ2) is 11.0. The van der Waals surface area contributed by atoms with Crippen molar-refractivity contribution >= 4 is 17.9 Å². The molecule has 0 aliphatic rings. The minimum atomic E-state index is -1.08. The average Bonchev–Trinajstić information content (AvgIpc) is 2.58. The molecule has 0 fully saturated rings. The lowest BCUT2D eigenvalue weighted by Crippen LogP contribution is -2.27. The van der Waals surface area contributed by atoms with E-state index in [1.807, 2.05) is 30.3 Å². The predicted octanol–water partition coefficient (Wildman–Crippen LogP) is 2.42. The molecule has 0 heterocycles. The van der Waals surface area contributed by atoms with Crippen molar-refractivity contribution < 1.29 is 28.6 Å². The second-order valence-corrected chi connectivity index (χ2v) is 4.79. The highest BCUT2D eigenvalue weighted by molar-refractivity contribution is 5.95. The van der Waals surface area contributed by atoms with Gasteiger partial charge in [0.25, 0.3) is 0 Å². The lowest BCUT2D eigenvalue weighted by atomic mass is 10.1. The Bertz CT molecular complexity index is 546. The van der Waals surface area contributed by atoms with Gasteiger partial charge in [-0.05, 0) is 25.8 Å². The van der Waals surface area contributed by atoms with Gasteiger partial charge < -0.3 is 14.2 Å². The van der Waals surface area contributed by atoms with E-state index in [0.717, 1.165) is 5.56 Å². The number of hydrogen-bond acceptors (Lipinski definition) is 6. The first-order valence-electron chi connectivity index (χ1n) is 7.79.